The summed E-state index contributed by atoms with van der Waals surface area (Å²) in [6.45, 7) is 1.99. The Balaban J connectivity index is 2.28. The highest BCUT2D eigenvalue weighted by atomic mass is 16.1. The van der Waals surface area contributed by atoms with E-state index in [1.807, 2.05) is 61.5 Å². The van der Waals surface area contributed by atoms with Crippen molar-refractivity contribution >= 4 is 5.91 Å². The van der Waals surface area contributed by atoms with E-state index >= 15 is 0 Å². The number of nitriles is 1. The Hall–Kier alpha value is -3.39. The van der Waals surface area contributed by atoms with E-state index in [9.17, 15) is 10.1 Å². The molecule has 0 radical (unpaired) electrons. The van der Waals surface area contributed by atoms with Gasteiger partial charge in [0.25, 0.3) is 5.91 Å². The van der Waals surface area contributed by atoms with Crippen LogP contribution >= 0.6 is 0 Å². The van der Waals surface area contributed by atoms with Crippen LogP contribution in [0.15, 0.2) is 54.6 Å². The third-order valence-electron chi connectivity index (χ3n) is 3.77. The molecule has 0 bridgehead atoms. The van der Waals surface area contributed by atoms with E-state index in [2.05, 4.69) is 16.5 Å². The summed E-state index contributed by atoms with van der Waals surface area (Å²) >= 11 is 0. The summed E-state index contributed by atoms with van der Waals surface area (Å²) in [4.78, 5) is 12.4. The molecule has 1 heterocycles. The van der Waals surface area contributed by atoms with Gasteiger partial charge in [0.05, 0.1) is 5.69 Å². The second-order valence-electron chi connectivity index (χ2n) is 5.38. The molecule has 0 saturated carbocycles. The first-order chi connectivity index (χ1) is 11.7. The first kappa shape index (κ1) is 15.5. The van der Waals surface area contributed by atoms with Gasteiger partial charge in [-0.05, 0) is 19.1 Å². The number of nitrogens with one attached hydrogen (secondary N) is 1. The Morgan fingerprint density at radius 3 is 2.38 bits per heavy atom. The Morgan fingerprint density at radius 2 is 1.79 bits per heavy atom. The van der Waals surface area contributed by atoms with Crippen LogP contribution < -0.4 is 5.32 Å². The number of nitrogens with zero attached hydrogens (tertiary/aromatic N) is 3. The predicted octanol–water partition coefficient (Wildman–Crippen LogP) is 3.08. The van der Waals surface area contributed by atoms with Crippen LogP contribution in [0.5, 0.6) is 0 Å². The van der Waals surface area contributed by atoms with Crippen molar-refractivity contribution in [3.05, 3.63) is 71.4 Å². The number of aryl methyl sites for hydroxylation is 1. The molecule has 3 rings (SSSR count). The number of carbonyl (C=O) groups excluding carboxylic acids is 1. The Bertz CT molecular complexity index is 918. The topological polar surface area (TPSA) is 70.7 Å². The molecule has 1 N–H and O–H groups in total. The molecular weight excluding hydrogens is 300 g/mol. The smallest absolute Gasteiger partial charge is 0.271 e. The fourth-order valence-corrected chi connectivity index (χ4v) is 2.52. The fourth-order valence-electron chi connectivity index (χ4n) is 2.52. The molecule has 0 unspecified atom stereocenters. The quantitative estimate of drug-likeness (QED) is 0.807. The number of amides is 1. The van der Waals surface area contributed by atoms with Crippen LogP contribution in [0, 0.1) is 18.3 Å². The summed E-state index contributed by atoms with van der Waals surface area (Å²) in [5.74, 6) is -0.346. The van der Waals surface area contributed by atoms with E-state index in [-0.39, 0.29) is 17.2 Å². The molecule has 0 atom stereocenters. The molecule has 0 aliphatic carbocycles. The lowest BCUT2D eigenvalue weighted by atomic mass is 10.0. The Morgan fingerprint density at radius 1 is 1.12 bits per heavy atom. The molecule has 2 aromatic carbocycles. The van der Waals surface area contributed by atoms with Crippen molar-refractivity contribution in [3.8, 4) is 23.0 Å². The number of para-hydroxylation sites is 1. The van der Waals surface area contributed by atoms with Gasteiger partial charge in [-0.15, -0.1) is 0 Å². The average molecular weight is 316 g/mol. The lowest BCUT2D eigenvalue weighted by Crippen LogP contribution is -2.22. The van der Waals surface area contributed by atoms with E-state index in [0.29, 0.717) is 5.69 Å². The van der Waals surface area contributed by atoms with Crippen molar-refractivity contribution in [2.45, 2.75) is 6.92 Å². The maximum Gasteiger partial charge on any atom is 0.271 e. The summed E-state index contributed by atoms with van der Waals surface area (Å²) in [5, 5.41) is 16.8. The highest BCUT2D eigenvalue weighted by Gasteiger charge is 2.24. The van der Waals surface area contributed by atoms with Crippen molar-refractivity contribution in [2.24, 2.45) is 0 Å². The van der Waals surface area contributed by atoms with E-state index in [1.165, 1.54) is 11.7 Å². The maximum absolute atomic E-state index is 12.4. The molecule has 5 nitrogen and oxygen atoms in total. The molecular formula is C19H16N4O. The molecule has 1 aromatic heterocycles. The van der Waals surface area contributed by atoms with Crippen LogP contribution in [-0.4, -0.2) is 22.7 Å². The van der Waals surface area contributed by atoms with Gasteiger partial charge >= 0.3 is 0 Å². The van der Waals surface area contributed by atoms with Gasteiger partial charge < -0.3 is 5.32 Å². The number of hydrogen-bond acceptors (Lipinski definition) is 3. The SMILES string of the molecule is CNC(=O)c1c(C#N)c(-c2ccc(C)cc2)nn1-c1ccccc1. The van der Waals surface area contributed by atoms with E-state index in [1.54, 1.807) is 0 Å². The molecule has 5 heteroatoms. The maximum atomic E-state index is 12.4. The third kappa shape index (κ3) is 2.66. The van der Waals surface area contributed by atoms with Crippen molar-refractivity contribution in [3.63, 3.8) is 0 Å². The minimum absolute atomic E-state index is 0.238. The molecule has 3 aromatic rings. The molecule has 0 aliphatic heterocycles. The molecule has 118 valence electrons. The number of aromatic nitrogens is 2. The predicted molar refractivity (Wildman–Crippen MR) is 91.8 cm³/mol. The van der Waals surface area contributed by atoms with Crippen LogP contribution in [0.1, 0.15) is 21.6 Å². The van der Waals surface area contributed by atoms with Crippen molar-refractivity contribution < 1.29 is 4.79 Å². The van der Waals surface area contributed by atoms with Crippen molar-refractivity contribution in [1.82, 2.24) is 15.1 Å². The lowest BCUT2D eigenvalue weighted by Gasteiger charge is -2.06. The van der Waals surface area contributed by atoms with Gasteiger partial charge in [-0.1, -0.05) is 48.0 Å². The van der Waals surface area contributed by atoms with Gasteiger partial charge in [-0.2, -0.15) is 10.4 Å². The average Bonchev–Trinajstić information content (AvgIpc) is 3.02. The second-order valence-corrected chi connectivity index (χ2v) is 5.38. The zero-order valence-corrected chi connectivity index (χ0v) is 13.4. The van der Waals surface area contributed by atoms with Crippen LogP contribution in [0.2, 0.25) is 0 Å². The van der Waals surface area contributed by atoms with E-state index < -0.39 is 0 Å². The monoisotopic (exact) mass is 316 g/mol. The number of hydrogen-bond donors (Lipinski definition) is 1. The zero-order valence-electron chi connectivity index (χ0n) is 13.4. The van der Waals surface area contributed by atoms with E-state index in [4.69, 9.17) is 0 Å². The first-order valence-corrected chi connectivity index (χ1v) is 7.53. The normalized spacial score (nSPS) is 10.2. The molecule has 0 spiro atoms. The summed E-state index contributed by atoms with van der Waals surface area (Å²) in [6.07, 6.45) is 0. The van der Waals surface area contributed by atoms with Gasteiger partial charge in [0.2, 0.25) is 0 Å². The van der Waals surface area contributed by atoms with E-state index in [0.717, 1.165) is 16.8 Å². The third-order valence-corrected chi connectivity index (χ3v) is 3.77. The minimum Gasteiger partial charge on any atom is -0.354 e. The van der Waals surface area contributed by atoms with Gasteiger partial charge in [0.1, 0.15) is 23.0 Å². The van der Waals surface area contributed by atoms with Gasteiger partial charge in [0, 0.05) is 12.6 Å². The van der Waals surface area contributed by atoms with Gasteiger partial charge in [-0.3, -0.25) is 4.79 Å². The second kappa shape index (κ2) is 6.39. The number of carbonyl (C=O) groups is 1. The molecule has 1 amide bonds. The number of rotatable bonds is 3. The summed E-state index contributed by atoms with van der Waals surface area (Å²) in [5.41, 5.74) is 3.65. The van der Waals surface area contributed by atoms with Crippen LogP contribution in [-0.2, 0) is 0 Å². The Labute approximate surface area is 140 Å². The summed E-state index contributed by atoms with van der Waals surface area (Å²) in [7, 11) is 1.54. The first-order valence-electron chi connectivity index (χ1n) is 7.53. The van der Waals surface area contributed by atoms with Crippen LogP contribution in [0.4, 0.5) is 0 Å². The van der Waals surface area contributed by atoms with Crippen molar-refractivity contribution in [1.29, 1.82) is 5.26 Å². The largest absolute Gasteiger partial charge is 0.354 e. The standard InChI is InChI=1S/C19H16N4O/c1-13-8-10-14(11-9-13)17-16(12-20)18(19(24)21-2)23(22-17)15-6-4-3-5-7-15/h3-11H,1-2H3,(H,21,24). The Kier molecular flexibility index (Phi) is 4.13. The van der Waals surface area contributed by atoms with Gasteiger partial charge in [0.15, 0.2) is 0 Å². The fraction of sp³-hybridized carbons (Fsp3) is 0.105. The highest BCUT2D eigenvalue weighted by Crippen LogP contribution is 2.27. The van der Waals surface area contributed by atoms with Gasteiger partial charge in [-0.25, -0.2) is 4.68 Å². The zero-order chi connectivity index (χ0) is 17.1. The van der Waals surface area contributed by atoms with Crippen LogP contribution in [0.3, 0.4) is 0 Å². The lowest BCUT2D eigenvalue weighted by molar-refractivity contribution is 0.0955. The molecule has 24 heavy (non-hydrogen) atoms. The summed E-state index contributed by atoms with van der Waals surface area (Å²) < 4.78 is 1.52. The molecule has 0 fully saturated rings. The van der Waals surface area contributed by atoms with Crippen molar-refractivity contribution in [2.75, 3.05) is 7.05 Å². The molecule has 0 aliphatic rings. The minimum atomic E-state index is -0.346. The number of benzene rings is 2. The summed E-state index contributed by atoms with van der Waals surface area (Å²) in [6, 6.07) is 19.2. The highest BCUT2D eigenvalue weighted by molar-refractivity contribution is 5.97. The molecule has 0 saturated heterocycles. The van der Waals surface area contributed by atoms with Crippen LogP contribution in [0.25, 0.3) is 16.9 Å².